The second-order valence-corrected chi connectivity index (χ2v) is 5.87. The van der Waals surface area contributed by atoms with E-state index < -0.39 is 0 Å². The lowest BCUT2D eigenvalue weighted by atomic mass is 9.73. The Bertz CT molecular complexity index is 252. The molecule has 1 unspecified atom stereocenters. The maximum absolute atomic E-state index is 10.6. The first-order valence-electron chi connectivity index (χ1n) is 6.68. The summed E-state index contributed by atoms with van der Waals surface area (Å²) in [6.07, 6.45) is 8.28. The lowest BCUT2D eigenvalue weighted by molar-refractivity contribution is -0.110. The van der Waals surface area contributed by atoms with Crippen LogP contribution in [0.5, 0.6) is 0 Å². The van der Waals surface area contributed by atoms with Gasteiger partial charge in [-0.3, -0.25) is 0 Å². The van der Waals surface area contributed by atoms with Gasteiger partial charge in [-0.2, -0.15) is 0 Å². The van der Waals surface area contributed by atoms with Crippen molar-refractivity contribution in [2.24, 2.45) is 23.7 Å². The first kappa shape index (κ1) is 13.5. The van der Waals surface area contributed by atoms with E-state index in [-0.39, 0.29) is 5.92 Å². The minimum Gasteiger partial charge on any atom is -0.303 e. The van der Waals surface area contributed by atoms with E-state index in [1.165, 1.54) is 19.3 Å². The van der Waals surface area contributed by atoms with Gasteiger partial charge in [0.1, 0.15) is 6.29 Å². The van der Waals surface area contributed by atoms with Crippen LogP contribution < -0.4 is 0 Å². The van der Waals surface area contributed by atoms with E-state index in [1.54, 1.807) is 5.57 Å². The fourth-order valence-corrected chi connectivity index (χ4v) is 2.69. The molecule has 1 aliphatic rings. The van der Waals surface area contributed by atoms with E-state index >= 15 is 0 Å². The SMILES string of the molecule is CC(C=O)C/C=C1\C[C@H](C)CC[C@H]1C(C)C. The zero-order valence-electron chi connectivity index (χ0n) is 11.2. The zero-order chi connectivity index (χ0) is 12.1. The van der Waals surface area contributed by atoms with Gasteiger partial charge in [0.2, 0.25) is 0 Å². The Kier molecular flexibility index (Phi) is 5.24. The van der Waals surface area contributed by atoms with E-state index in [1.807, 2.05) is 6.92 Å². The van der Waals surface area contributed by atoms with Crippen LogP contribution in [0.3, 0.4) is 0 Å². The molecule has 1 saturated carbocycles. The first-order chi connectivity index (χ1) is 7.54. The Hall–Kier alpha value is -0.590. The lowest BCUT2D eigenvalue weighted by Crippen LogP contribution is -2.20. The molecule has 0 bridgehead atoms. The van der Waals surface area contributed by atoms with Crippen molar-refractivity contribution in [3.05, 3.63) is 11.6 Å². The summed E-state index contributed by atoms with van der Waals surface area (Å²) in [5, 5.41) is 0. The van der Waals surface area contributed by atoms with Crippen molar-refractivity contribution in [1.29, 1.82) is 0 Å². The molecule has 0 aromatic heterocycles. The zero-order valence-corrected chi connectivity index (χ0v) is 11.2. The predicted octanol–water partition coefficient (Wildman–Crippen LogP) is 4.23. The van der Waals surface area contributed by atoms with Gasteiger partial charge in [-0.15, -0.1) is 0 Å². The van der Waals surface area contributed by atoms with Gasteiger partial charge >= 0.3 is 0 Å². The summed E-state index contributed by atoms with van der Waals surface area (Å²) in [5.41, 5.74) is 1.61. The van der Waals surface area contributed by atoms with Gasteiger partial charge in [-0.05, 0) is 43.4 Å². The molecule has 1 nitrogen and oxygen atoms in total. The molecule has 0 aromatic carbocycles. The molecule has 92 valence electrons. The molecule has 1 fully saturated rings. The summed E-state index contributed by atoms with van der Waals surface area (Å²) in [6.45, 7) is 8.98. The van der Waals surface area contributed by atoms with Crippen molar-refractivity contribution in [3.8, 4) is 0 Å². The predicted molar refractivity (Wildman–Crippen MR) is 69.3 cm³/mol. The van der Waals surface area contributed by atoms with E-state index in [2.05, 4.69) is 26.8 Å². The summed E-state index contributed by atoms with van der Waals surface area (Å²) in [4.78, 5) is 10.6. The monoisotopic (exact) mass is 222 g/mol. The summed E-state index contributed by atoms with van der Waals surface area (Å²) >= 11 is 0. The quantitative estimate of drug-likeness (QED) is 0.514. The maximum atomic E-state index is 10.6. The number of hydrogen-bond donors (Lipinski definition) is 0. The van der Waals surface area contributed by atoms with Crippen LogP contribution in [0, 0.1) is 23.7 Å². The van der Waals surface area contributed by atoms with Crippen molar-refractivity contribution in [2.45, 2.75) is 53.4 Å². The normalized spacial score (nSPS) is 30.7. The van der Waals surface area contributed by atoms with E-state index in [0.29, 0.717) is 0 Å². The maximum Gasteiger partial charge on any atom is 0.123 e. The van der Waals surface area contributed by atoms with Gasteiger partial charge < -0.3 is 4.79 Å². The van der Waals surface area contributed by atoms with Crippen LogP contribution in [0.4, 0.5) is 0 Å². The third kappa shape index (κ3) is 3.77. The van der Waals surface area contributed by atoms with E-state index in [0.717, 1.165) is 30.5 Å². The van der Waals surface area contributed by atoms with Gasteiger partial charge in [-0.1, -0.05) is 39.3 Å². The molecular formula is C15H26O. The topological polar surface area (TPSA) is 17.1 Å². The van der Waals surface area contributed by atoms with Crippen molar-refractivity contribution in [3.63, 3.8) is 0 Å². The highest BCUT2D eigenvalue weighted by molar-refractivity contribution is 5.53. The molecule has 1 aliphatic carbocycles. The van der Waals surface area contributed by atoms with Crippen LogP contribution in [-0.4, -0.2) is 6.29 Å². The Morgan fingerprint density at radius 3 is 2.56 bits per heavy atom. The number of carbonyl (C=O) groups is 1. The molecule has 0 aromatic rings. The second-order valence-electron chi connectivity index (χ2n) is 5.87. The second kappa shape index (κ2) is 6.22. The summed E-state index contributed by atoms with van der Waals surface area (Å²) in [7, 11) is 0. The summed E-state index contributed by atoms with van der Waals surface area (Å²) in [6, 6.07) is 0. The lowest BCUT2D eigenvalue weighted by Gasteiger charge is -2.32. The van der Waals surface area contributed by atoms with Crippen LogP contribution >= 0.6 is 0 Å². The fourth-order valence-electron chi connectivity index (χ4n) is 2.69. The van der Waals surface area contributed by atoms with Crippen LogP contribution in [0.2, 0.25) is 0 Å². The van der Waals surface area contributed by atoms with Crippen LogP contribution in [0.1, 0.15) is 53.4 Å². The number of rotatable bonds is 4. The number of carbonyl (C=O) groups excluding carboxylic acids is 1. The van der Waals surface area contributed by atoms with Crippen molar-refractivity contribution in [1.82, 2.24) is 0 Å². The minimum atomic E-state index is 0.178. The molecule has 0 N–H and O–H groups in total. The standard InChI is InChI=1S/C15H26O/c1-11(2)15-8-6-12(3)9-14(15)7-5-13(4)10-16/h7,10-13,15H,5-6,8-9H2,1-4H3/b14-7+/t12-,13?,15+/m1/s1. The third-order valence-electron chi connectivity index (χ3n) is 3.82. The summed E-state index contributed by atoms with van der Waals surface area (Å²) < 4.78 is 0. The summed E-state index contributed by atoms with van der Waals surface area (Å²) in [5.74, 6) is 2.51. The van der Waals surface area contributed by atoms with E-state index in [9.17, 15) is 4.79 Å². The number of allylic oxidation sites excluding steroid dienone is 2. The van der Waals surface area contributed by atoms with Crippen molar-refractivity contribution in [2.75, 3.05) is 0 Å². The fraction of sp³-hybridized carbons (Fsp3) is 0.800. The molecule has 0 spiro atoms. The molecule has 0 amide bonds. The minimum absolute atomic E-state index is 0.178. The highest BCUT2D eigenvalue weighted by Crippen LogP contribution is 2.37. The smallest absolute Gasteiger partial charge is 0.123 e. The first-order valence-corrected chi connectivity index (χ1v) is 6.68. The molecule has 1 rings (SSSR count). The molecular weight excluding hydrogens is 196 g/mol. The van der Waals surface area contributed by atoms with E-state index in [4.69, 9.17) is 0 Å². The Balaban J connectivity index is 2.66. The third-order valence-corrected chi connectivity index (χ3v) is 3.82. The molecule has 16 heavy (non-hydrogen) atoms. The largest absolute Gasteiger partial charge is 0.303 e. The van der Waals surface area contributed by atoms with Gasteiger partial charge in [-0.25, -0.2) is 0 Å². The molecule has 0 radical (unpaired) electrons. The van der Waals surface area contributed by atoms with Gasteiger partial charge in [0.15, 0.2) is 0 Å². The van der Waals surface area contributed by atoms with Crippen LogP contribution in [0.15, 0.2) is 11.6 Å². The van der Waals surface area contributed by atoms with Gasteiger partial charge in [0.25, 0.3) is 0 Å². The number of aldehydes is 1. The molecule has 3 atom stereocenters. The Labute approximate surface area is 100 Å². The molecule has 0 aliphatic heterocycles. The van der Waals surface area contributed by atoms with Gasteiger partial charge in [0, 0.05) is 5.92 Å². The van der Waals surface area contributed by atoms with Crippen molar-refractivity contribution >= 4 is 6.29 Å². The Morgan fingerprint density at radius 2 is 2.00 bits per heavy atom. The highest BCUT2D eigenvalue weighted by Gasteiger charge is 2.25. The average Bonchev–Trinajstić information content (AvgIpc) is 2.25. The Morgan fingerprint density at radius 1 is 1.31 bits per heavy atom. The van der Waals surface area contributed by atoms with Crippen molar-refractivity contribution < 1.29 is 4.79 Å². The van der Waals surface area contributed by atoms with Gasteiger partial charge in [0.05, 0.1) is 0 Å². The molecule has 0 heterocycles. The van der Waals surface area contributed by atoms with Crippen LogP contribution in [0.25, 0.3) is 0 Å². The number of hydrogen-bond acceptors (Lipinski definition) is 1. The molecule has 0 saturated heterocycles. The average molecular weight is 222 g/mol. The van der Waals surface area contributed by atoms with Crippen LogP contribution in [-0.2, 0) is 4.79 Å². The highest BCUT2D eigenvalue weighted by atomic mass is 16.1. The molecule has 1 heteroatoms.